The zero-order valence-corrected chi connectivity index (χ0v) is 25.7. The zero-order chi connectivity index (χ0) is 27.6. The molecule has 38 heavy (non-hydrogen) atoms. The smallest absolute Gasteiger partial charge is 0.192 e. The molecule has 0 fully saturated rings. The molecule has 3 aromatic rings. The lowest BCUT2D eigenvalue weighted by Gasteiger charge is -2.42. The summed E-state index contributed by atoms with van der Waals surface area (Å²) >= 11 is 0. The van der Waals surface area contributed by atoms with Crippen LogP contribution >= 0.6 is 0 Å². The van der Waals surface area contributed by atoms with Crippen molar-refractivity contribution in [3.63, 3.8) is 0 Å². The highest BCUT2D eigenvalue weighted by atomic mass is 28.4. The summed E-state index contributed by atoms with van der Waals surface area (Å²) in [6, 6.07) is 23.8. The summed E-state index contributed by atoms with van der Waals surface area (Å²) in [7, 11) is -0.196. The fraction of sp³-hybridized carbons (Fsp3) is 0.455. The van der Waals surface area contributed by atoms with Crippen LogP contribution < -0.4 is 15.0 Å². The van der Waals surface area contributed by atoms with Crippen LogP contribution in [0.15, 0.2) is 66.7 Å². The fourth-order valence-corrected chi connectivity index (χ4v) is 5.81. The van der Waals surface area contributed by atoms with E-state index in [4.69, 9.17) is 9.16 Å². The molecule has 1 aliphatic rings. The van der Waals surface area contributed by atoms with E-state index in [0.29, 0.717) is 6.61 Å². The first kappa shape index (κ1) is 28.3. The molecule has 0 aliphatic carbocycles. The van der Waals surface area contributed by atoms with E-state index in [1.807, 2.05) is 12.1 Å². The van der Waals surface area contributed by atoms with E-state index >= 15 is 0 Å². The lowest BCUT2D eigenvalue weighted by molar-refractivity contribution is 0.276. The number of rotatable bonds is 9. The lowest BCUT2D eigenvalue weighted by atomic mass is 9.76. The van der Waals surface area contributed by atoms with Gasteiger partial charge in [-0.25, -0.2) is 0 Å². The van der Waals surface area contributed by atoms with Crippen LogP contribution in [-0.2, 0) is 29.5 Å². The van der Waals surface area contributed by atoms with Gasteiger partial charge in [-0.05, 0) is 58.8 Å². The van der Waals surface area contributed by atoms with Gasteiger partial charge in [-0.2, -0.15) is 0 Å². The Hall–Kier alpha value is -2.76. The minimum Gasteiger partial charge on any atom is -0.497 e. The number of nitrogens with zero attached hydrogens (tertiary/aromatic N) is 1. The Morgan fingerprint density at radius 2 is 1.61 bits per heavy atom. The highest BCUT2D eigenvalue weighted by Gasteiger charge is 2.38. The summed E-state index contributed by atoms with van der Waals surface area (Å²) in [4.78, 5) is 2.57. The van der Waals surface area contributed by atoms with Gasteiger partial charge in [-0.1, -0.05) is 89.2 Å². The molecule has 0 saturated heterocycles. The van der Waals surface area contributed by atoms with Crippen LogP contribution in [-0.4, -0.2) is 22.0 Å². The minimum absolute atomic E-state index is 0.109. The van der Waals surface area contributed by atoms with Crippen LogP contribution in [0.4, 0.5) is 11.4 Å². The van der Waals surface area contributed by atoms with Crippen molar-refractivity contribution in [2.45, 2.75) is 84.3 Å². The molecular formula is C33H46N2O2Si. The third-order valence-corrected chi connectivity index (χ3v) is 13.0. The van der Waals surface area contributed by atoms with E-state index in [-0.39, 0.29) is 10.5 Å². The van der Waals surface area contributed by atoms with Crippen molar-refractivity contribution in [1.82, 2.24) is 0 Å². The van der Waals surface area contributed by atoms with Crippen LogP contribution in [0, 0.1) is 0 Å². The van der Waals surface area contributed by atoms with Gasteiger partial charge in [-0.15, -0.1) is 0 Å². The molecule has 0 unspecified atom stereocenters. The normalized spacial score (nSPS) is 15.2. The second-order valence-electron chi connectivity index (χ2n) is 12.8. The van der Waals surface area contributed by atoms with E-state index in [1.54, 1.807) is 7.11 Å². The van der Waals surface area contributed by atoms with E-state index in [1.165, 1.54) is 33.6 Å². The summed E-state index contributed by atoms with van der Waals surface area (Å²) in [5.74, 6) is 0.880. The van der Waals surface area contributed by atoms with Crippen molar-refractivity contribution >= 4 is 19.7 Å². The van der Waals surface area contributed by atoms with Gasteiger partial charge < -0.3 is 19.4 Å². The fourth-order valence-electron chi connectivity index (χ4n) is 4.86. The summed E-state index contributed by atoms with van der Waals surface area (Å²) in [5, 5.41) is 4.04. The van der Waals surface area contributed by atoms with Gasteiger partial charge in [0.15, 0.2) is 8.32 Å². The lowest BCUT2D eigenvalue weighted by Crippen LogP contribution is -2.40. The van der Waals surface area contributed by atoms with Crippen LogP contribution in [0.2, 0.25) is 18.1 Å². The Balaban J connectivity index is 1.75. The Morgan fingerprint density at radius 1 is 0.921 bits per heavy atom. The SMILES string of the molecule is COc1ccc(CNc2c(CO[Si](C)(C)C(C)(C)C)ccc3c2N(Cc2ccccc2)CCC3(C)C)cc1. The third-order valence-electron chi connectivity index (χ3n) is 8.56. The zero-order valence-electron chi connectivity index (χ0n) is 24.7. The molecule has 0 amide bonds. The van der Waals surface area contributed by atoms with Crippen LogP contribution in [0.3, 0.4) is 0 Å². The Bertz CT molecular complexity index is 1210. The number of nitrogens with one attached hydrogen (secondary N) is 1. The Morgan fingerprint density at radius 3 is 2.24 bits per heavy atom. The van der Waals surface area contributed by atoms with E-state index < -0.39 is 8.32 Å². The van der Waals surface area contributed by atoms with Crippen LogP contribution in [0.1, 0.15) is 63.3 Å². The minimum atomic E-state index is -1.91. The number of ether oxygens (including phenoxy) is 1. The van der Waals surface area contributed by atoms with Gasteiger partial charge in [0.05, 0.1) is 25.1 Å². The summed E-state index contributed by atoms with van der Waals surface area (Å²) < 4.78 is 12.1. The molecule has 3 aromatic carbocycles. The van der Waals surface area contributed by atoms with Gasteiger partial charge in [0, 0.05) is 25.2 Å². The molecule has 4 rings (SSSR count). The topological polar surface area (TPSA) is 33.7 Å². The summed E-state index contributed by atoms with van der Waals surface area (Å²) in [6.45, 7) is 19.6. The molecule has 1 N–H and O–H groups in total. The standard InChI is InChI=1S/C33H46N2O2Si/c1-32(2,3)38(7,8)37-24-27-16-19-29-31(30(27)34-22-25-14-17-28(36-6)18-15-25)35(21-20-33(29,4)5)23-26-12-10-9-11-13-26/h9-19,34H,20-24H2,1-8H3. The summed E-state index contributed by atoms with van der Waals surface area (Å²) in [6.07, 6.45) is 1.13. The average Bonchev–Trinajstić information content (AvgIpc) is 2.88. The highest BCUT2D eigenvalue weighted by Crippen LogP contribution is 2.46. The predicted octanol–water partition coefficient (Wildman–Crippen LogP) is 8.52. The first-order valence-electron chi connectivity index (χ1n) is 13.9. The quantitative estimate of drug-likeness (QED) is 0.281. The van der Waals surface area contributed by atoms with Crippen LogP contribution in [0.5, 0.6) is 5.75 Å². The van der Waals surface area contributed by atoms with Crippen molar-refractivity contribution in [2.24, 2.45) is 0 Å². The first-order valence-corrected chi connectivity index (χ1v) is 16.8. The monoisotopic (exact) mass is 530 g/mol. The highest BCUT2D eigenvalue weighted by molar-refractivity contribution is 6.74. The van der Waals surface area contributed by atoms with Crippen molar-refractivity contribution in [1.29, 1.82) is 0 Å². The summed E-state index contributed by atoms with van der Waals surface area (Å²) in [5.41, 5.74) is 7.85. The molecular weight excluding hydrogens is 484 g/mol. The maximum atomic E-state index is 6.76. The second-order valence-corrected chi connectivity index (χ2v) is 17.6. The number of benzene rings is 3. The Kier molecular flexibility index (Phi) is 8.29. The number of methoxy groups -OCH3 is 1. The van der Waals surface area contributed by atoms with Gasteiger partial charge in [0.25, 0.3) is 0 Å². The largest absolute Gasteiger partial charge is 0.497 e. The molecule has 0 bridgehead atoms. The molecule has 204 valence electrons. The number of hydrogen-bond acceptors (Lipinski definition) is 4. The molecule has 0 atom stereocenters. The molecule has 1 heterocycles. The molecule has 5 heteroatoms. The van der Waals surface area contributed by atoms with Crippen molar-refractivity contribution < 1.29 is 9.16 Å². The second kappa shape index (κ2) is 11.2. The maximum absolute atomic E-state index is 6.76. The molecule has 4 nitrogen and oxygen atoms in total. The van der Waals surface area contributed by atoms with Gasteiger partial charge in [-0.3, -0.25) is 0 Å². The number of hydrogen-bond donors (Lipinski definition) is 1. The van der Waals surface area contributed by atoms with Crippen molar-refractivity contribution in [3.05, 3.63) is 89.0 Å². The van der Waals surface area contributed by atoms with Gasteiger partial charge in [0.2, 0.25) is 0 Å². The van der Waals surface area contributed by atoms with Gasteiger partial charge >= 0.3 is 0 Å². The average molecular weight is 531 g/mol. The number of anilines is 2. The van der Waals surface area contributed by atoms with Crippen LogP contribution in [0.25, 0.3) is 0 Å². The van der Waals surface area contributed by atoms with E-state index in [2.05, 4.69) is 113 Å². The molecule has 0 spiro atoms. The molecule has 0 saturated carbocycles. The Labute approximate surface area is 231 Å². The third kappa shape index (κ3) is 6.27. The maximum Gasteiger partial charge on any atom is 0.192 e. The first-order chi connectivity index (χ1) is 17.9. The number of fused-ring (bicyclic) bond motifs is 1. The van der Waals surface area contributed by atoms with E-state index in [0.717, 1.165) is 31.8 Å². The van der Waals surface area contributed by atoms with Crippen molar-refractivity contribution in [3.8, 4) is 5.75 Å². The predicted molar refractivity (Wildman–Crippen MR) is 164 cm³/mol. The molecule has 1 aliphatic heterocycles. The molecule has 0 radical (unpaired) electrons. The van der Waals surface area contributed by atoms with Gasteiger partial charge in [0.1, 0.15) is 5.75 Å². The van der Waals surface area contributed by atoms with E-state index in [9.17, 15) is 0 Å². The van der Waals surface area contributed by atoms with Crippen molar-refractivity contribution in [2.75, 3.05) is 23.9 Å². The molecule has 0 aromatic heterocycles.